The predicted octanol–water partition coefficient (Wildman–Crippen LogP) is 3.72. The standard InChI is InChI=1S/C25H28N4O4/c1-4-28(13-20-16-32-22-9-5-6-10-23(22)33-20)15-24(30)27-25-21(12-26)17(2)18(3)29(25)14-19-8-7-11-31-19/h5-11,20H,4,13-16H2,1-3H3,(H,27,30)/t20-/m0/s1. The minimum Gasteiger partial charge on any atom is -0.486 e. The Labute approximate surface area is 193 Å². The fourth-order valence-electron chi connectivity index (χ4n) is 4.01. The molecule has 0 aliphatic carbocycles. The Morgan fingerprint density at radius 1 is 1.24 bits per heavy atom. The molecule has 1 N–H and O–H groups in total. The summed E-state index contributed by atoms with van der Waals surface area (Å²) in [5, 5.41) is 12.7. The number of para-hydroxylation sites is 2. The lowest BCUT2D eigenvalue weighted by molar-refractivity contribution is -0.117. The van der Waals surface area contributed by atoms with Gasteiger partial charge < -0.3 is 23.8 Å². The molecule has 4 rings (SSSR count). The van der Waals surface area contributed by atoms with Crippen LogP contribution >= 0.6 is 0 Å². The van der Waals surface area contributed by atoms with Gasteiger partial charge in [0.25, 0.3) is 0 Å². The van der Waals surface area contributed by atoms with E-state index in [4.69, 9.17) is 13.9 Å². The molecule has 8 heteroatoms. The Morgan fingerprint density at radius 3 is 2.73 bits per heavy atom. The van der Waals surface area contributed by atoms with E-state index in [1.54, 1.807) is 6.26 Å². The zero-order chi connectivity index (χ0) is 23.4. The quantitative estimate of drug-likeness (QED) is 0.565. The first-order valence-electron chi connectivity index (χ1n) is 11.0. The number of carbonyl (C=O) groups excluding carboxylic acids is 1. The van der Waals surface area contributed by atoms with Crippen molar-refractivity contribution in [2.45, 2.75) is 33.4 Å². The fraction of sp³-hybridized carbons (Fsp3) is 0.360. The van der Waals surface area contributed by atoms with Crippen molar-refractivity contribution in [3.8, 4) is 17.6 Å². The summed E-state index contributed by atoms with van der Waals surface area (Å²) in [4.78, 5) is 15.0. The van der Waals surface area contributed by atoms with E-state index in [9.17, 15) is 10.1 Å². The van der Waals surface area contributed by atoms with E-state index >= 15 is 0 Å². The summed E-state index contributed by atoms with van der Waals surface area (Å²) in [5.74, 6) is 2.51. The van der Waals surface area contributed by atoms with Gasteiger partial charge in [-0.25, -0.2) is 0 Å². The minimum absolute atomic E-state index is 0.172. The van der Waals surface area contributed by atoms with Crippen molar-refractivity contribution in [1.82, 2.24) is 9.47 Å². The third-order valence-corrected chi connectivity index (χ3v) is 5.94. The number of nitrogens with one attached hydrogen (secondary N) is 1. The van der Waals surface area contributed by atoms with Crippen molar-refractivity contribution in [2.24, 2.45) is 0 Å². The number of rotatable bonds is 8. The van der Waals surface area contributed by atoms with Gasteiger partial charge in [0.15, 0.2) is 11.5 Å². The summed E-state index contributed by atoms with van der Waals surface area (Å²) >= 11 is 0. The molecule has 1 aliphatic rings. The van der Waals surface area contributed by atoms with E-state index in [2.05, 4.69) is 11.4 Å². The van der Waals surface area contributed by atoms with Gasteiger partial charge in [0.05, 0.1) is 24.9 Å². The van der Waals surface area contributed by atoms with E-state index in [0.29, 0.717) is 37.6 Å². The highest BCUT2D eigenvalue weighted by atomic mass is 16.6. The number of nitriles is 1. The lowest BCUT2D eigenvalue weighted by Crippen LogP contribution is -2.43. The van der Waals surface area contributed by atoms with Crippen molar-refractivity contribution < 1.29 is 18.7 Å². The highest BCUT2D eigenvalue weighted by Gasteiger charge is 2.25. The molecule has 0 fully saturated rings. The third kappa shape index (κ3) is 4.89. The second kappa shape index (κ2) is 9.84. The molecule has 2 aromatic heterocycles. The average molecular weight is 449 g/mol. The van der Waals surface area contributed by atoms with Crippen LogP contribution in [0.3, 0.4) is 0 Å². The van der Waals surface area contributed by atoms with Crippen molar-refractivity contribution in [1.29, 1.82) is 5.26 Å². The molecule has 1 atom stereocenters. The van der Waals surface area contributed by atoms with E-state index in [1.165, 1.54) is 0 Å². The topological polar surface area (TPSA) is 92.7 Å². The van der Waals surface area contributed by atoms with Crippen LogP contribution in [0.25, 0.3) is 0 Å². The van der Waals surface area contributed by atoms with Crippen LogP contribution in [-0.4, -0.2) is 47.7 Å². The number of fused-ring (bicyclic) bond motifs is 1. The number of carbonyl (C=O) groups is 1. The average Bonchev–Trinajstić information content (AvgIpc) is 3.41. The number of benzene rings is 1. The number of hydrogen-bond acceptors (Lipinski definition) is 6. The van der Waals surface area contributed by atoms with Crippen LogP contribution in [0.1, 0.15) is 29.5 Å². The minimum atomic E-state index is -0.191. The number of likely N-dealkylation sites (N-methyl/N-ethyl adjacent to an activating group) is 1. The molecule has 0 spiro atoms. The molecule has 0 saturated heterocycles. The Hall–Kier alpha value is -3.70. The predicted molar refractivity (Wildman–Crippen MR) is 124 cm³/mol. The van der Waals surface area contributed by atoms with E-state index in [0.717, 1.165) is 28.5 Å². The van der Waals surface area contributed by atoms with Gasteiger partial charge in [-0.05, 0) is 50.2 Å². The summed E-state index contributed by atoms with van der Waals surface area (Å²) in [5.41, 5.74) is 2.23. The lowest BCUT2D eigenvalue weighted by atomic mass is 10.2. The zero-order valence-electron chi connectivity index (χ0n) is 19.1. The zero-order valence-corrected chi connectivity index (χ0v) is 19.1. The molecule has 1 amide bonds. The molecule has 3 aromatic rings. The first-order valence-corrected chi connectivity index (χ1v) is 11.0. The van der Waals surface area contributed by atoms with Gasteiger partial charge in [0.2, 0.25) is 5.91 Å². The van der Waals surface area contributed by atoms with E-state index < -0.39 is 0 Å². The number of hydrogen-bond donors (Lipinski definition) is 1. The first-order chi connectivity index (χ1) is 16.0. The number of furan rings is 1. The van der Waals surface area contributed by atoms with Gasteiger partial charge >= 0.3 is 0 Å². The summed E-state index contributed by atoms with van der Waals surface area (Å²) in [6.07, 6.45) is 1.44. The van der Waals surface area contributed by atoms with Crippen LogP contribution in [0.15, 0.2) is 47.1 Å². The van der Waals surface area contributed by atoms with Crippen molar-refractivity contribution in [3.63, 3.8) is 0 Å². The molecular formula is C25H28N4O4. The van der Waals surface area contributed by atoms with E-state index in [-0.39, 0.29) is 18.6 Å². The largest absolute Gasteiger partial charge is 0.486 e. The molecule has 0 unspecified atom stereocenters. The van der Waals surface area contributed by atoms with E-state index in [1.807, 2.05) is 66.6 Å². The van der Waals surface area contributed by atoms with Gasteiger partial charge in [-0.3, -0.25) is 9.69 Å². The number of nitrogens with zero attached hydrogens (tertiary/aromatic N) is 3. The Kier molecular flexibility index (Phi) is 6.71. The normalized spacial score (nSPS) is 14.8. The van der Waals surface area contributed by atoms with Gasteiger partial charge in [-0.2, -0.15) is 5.26 Å². The SMILES string of the molecule is CCN(CC(=O)Nc1c(C#N)c(C)c(C)n1Cc1ccco1)C[C@H]1COc2ccccc2O1. The van der Waals surface area contributed by atoms with Crippen LogP contribution in [0.4, 0.5) is 5.82 Å². The number of amides is 1. The molecule has 172 valence electrons. The Bertz CT molecular complexity index is 1160. The molecule has 0 radical (unpaired) electrons. The first kappa shape index (κ1) is 22.5. The van der Waals surface area contributed by atoms with Gasteiger partial charge in [0, 0.05) is 12.2 Å². The van der Waals surface area contributed by atoms with Gasteiger partial charge in [0.1, 0.15) is 30.4 Å². The maximum absolute atomic E-state index is 13.0. The summed E-state index contributed by atoms with van der Waals surface area (Å²) in [7, 11) is 0. The Morgan fingerprint density at radius 2 is 2.03 bits per heavy atom. The smallest absolute Gasteiger partial charge is 0.239 e. The summed E-state index contributed by atoms with van der Waals surface area (Å²) in [6, 6.07) is 13.5. The van der Waals surface area contributed by atoms with Crippen molar-refractivity contribution in [2.75, 3.05) is 31.6 Å². The number of anilines is 1. The second-order valence-corrected chi connectivity index (χ2v) is 8.08. The third-order valence-electron chi connectivity index (χ3n) is 5.94. The molecule has 1 aromatic carbocycles. The van der Waals surface area contributed by atoms with Crippen LogP contribution < -0.4 is 14.8 Å². The molecule has 8 nitrogen and oxygen atoms in total. The maximum atomic E-state index is 13.0. The van der Waals surface area contributed by atoms with Gasteiger partial charge in [-0.15, -0.1) is 0 Å². The van der Waals surface area contributed by atoms with Crippen LogP contribution in [0, 0.1) is 25.2 Å². The second-order valence-electron chi connectivity index (χ2n) is 8.08. The molecule has 33 heavy (non-hydrogen) atoms. The van der Waals surface area contributed by atoms with Crippen LogP contribution in [-0.2, 0) is 11.3 Å². The van der Waals surface area contributed by atoms with Gasteiger partial charge in [-0.1, -0.05) is 19.1 Å². The van der Waals surface area contributed by atoms with Crippen molar-refractivity contribution in [3.05, 3.63) is 65.2 Å². The number of ether oxygens (including phenoxy) is 2. The van der Waals surface area contributed by atoms with Crippen molar-refractivity contribution >= 4 is 11.7 Å². The monoisotopic (exact) mass is 448 g/mol. The highest BCUT2D eigenvalue weighted by Crippen LogP contribution is 2.31. The van der Waals surface area contributed by atoms with Crippen LogP contribution in [0.5, 0.6) is 11.5 Å². The molecule has 1 aliphatic heterocycles. The maximum Gasteiger partial charge on any atom is 0.239 e. The molecular weight excluding hydrogens is 420 g/mol. The fourth-order valence-corrected chi connectivity index (χ4v) is 4.01. The summed E-state index contributed by atoms with van der Waals surface area (Å²) in [6.45, 7) is 8.08. The molecule has 0 saturated carbocycles. The lowest BCUT2D eigenvalue weighted by Gasteiger charge is -2.30. The number of aromatic nitrogens is 1. The van der Waals surface area contributed by atoms with Crippen LogP contribution in [0.2, 0.25) is 0 Å². The Balaban J connectivity index is 1.44. The molecule has 3 heterocycles. The summed E-state index contributed by atoms with van der Waals surface area (Å²) < 4.78 is 19.2. The highest BCUT2D eigenvalue weighted by molar-refractivity contribution is 5.93. The molecule has 0 bridgehead atoms.